The first-order chi connectivity index (χ1) is 15.9. The van der Waals surface area contributed by atoms with Gasteiger partial charge in [-0.25, -0.2) is 4.98 Å². The number of Topliss-reactive ketones (excluding diaryl/α,β-unsaturated/α-hetero) is 1. The summed E-state index contributed by atoms with van der Waals surface area (Å²) in [6.45, 7) is 3.80. The lowest BCUT2D eigenvalue weighted by atomic mass is 10.1. The Morgan fingerprint density at radius 2 is 1.91 bits per heavy atom. The number of anilines is 1. The highest BCUT2D eigenvalue weighted by Crippen LogP contribution is 2.31. The summed E-state index contributed by atoms with van der Waals surface area (Å²) in [5.74, 6) is 0.749. The van der Waals surface area contributed by atoms with Crippen LogP contribution >= 0.6 is 22.7 Å². The third-order valence-corrected chi connectivity index (χ3v) is 6.42. The van der Waals surface area contributed by atoms with Crippen LogP contribution in [-0.2, 0) is 16.1 Å². The molecule has 0 fully saturated rings. The van der Waals surface area contributed by atoms with E-state index in [9.17, 15) is 14.4 Å². The normalized spacial score (nSPS) is 10.5. The SMILES string of the molecule is COc1cc(C(C)=O)ccc1OCCCC(=O)Nc1nc(-c2ccc(CNC(C)=O)s2)cs1. The maximum absolute atomic E-state index is 12.3. The van der Waals surface area contributed by atoms with Crippen molar-refractivity contribution in [2.24, 2.45) is 0 Å². The van der Waals surface area contributed by atoms with Gasteiger partial charge in [0, 0.05) is 29.2 Å². The Labute approximate surface area is 200 Å². The standard InChI is InChI=1S/C23H25N3O5S2/c1-14(27)16-6-8-19(20(11-16)30-3)31-10-4-5-22(29)26-23-25-18(13-32-23)21-9-7-17(33-21)12-24-15(2)28/h6-9,11,13H,4-5,10,12H2,1-3H3,(H,24,28)(H,25,26,29). The fourth-order valence-electron chi connectivity index (χ4n) is 2.87. The van der Waals surface area contributed by atoms with Crippen LogP contribution in [0.5, 0.6) is 11.5 Å². The molecule has 0 saturated carbocycles. The van der Waals surface area contributed by atoms with Gasteiger partial charge in [0.05, 0.1) is 30.8 Å². The van der Waals surface area contributed by atoms with Gasteiger partial charge in [0.25, 0.3) is 0 Å². The lowest BCUT2D eigenvalue weighted by Gasteiger charge is -2.11. The van der Waals surface area contributed by atoms with E-state index in [1.54, 1.807) is 29.5 Å². The molecule has 10 heteroatoms. The number of thiazole rings is 1. The summed E-state index contributed by atoms with van der Waals surface area (Å²) in [6, 6.07) is 8.93. The number of amides is 2. The fraction of sp³-hybridized carbons (Fsp3) is 0.304. The van der Waals surface area contributed by atoms with Crippen LogP contribution in [-0.4, -0.2) is 36.3 Å². The number of ether oxygens (including phenoxy) is 2. The van der Waals surface area contributed by atoms with Crippen LogP contribution in [0.15, 0.2) is 35.7 Å². The van der Waals surface area contributed by atoms with Gasteiger partial charge in [0.2, 0.25) is 11.8 Å². The van der Waals surface area contributed by atoms with E-state index >= 15 is 0 Å². The molecular weight excluding hydrogens is 462 g/mol. The van der Waals surface area contributed by atoms with Crippen molar-refractivity contribution in [3.63, 3.8) is 0 Å². The second kappa shape index (κ2) is 11.6. The molecule has 33 heavy (non-hydrogen) atoms. The third-order valence-electron chi connectivity index (χ3n) is 4.55. The molecule has 3 aromatic rings. The Morgan fingerprint density at radius 3 is 2.64 bits per heavy atom. The van der Waals surface area contributed by atoms with Crippen LogP contribution in [0.1, 0.15) is 41.9 Å². The molecule has 8 nitrogen and oxygen atoms in total. The van der Waals surface area contributed by atoms with Crippen molar-refractivity contribution < 1.29 is 23.9 Å². The molecular formula is C23H25N3O5S2. The van der Waals surface area contributed by atoms with Crippen LogP contribution < -0.4 is 20.1 Å². The lowest BCUT2D eigenvalue weighted by Crippen LogP contribution is -2.17. The molecule has 0 aliphatic carbocycles. The highest BCUT2D eigenvalue weighted by atomic mass is 32.1. The van der Waals surface area contributed by atoms with Gasteiger partial charge in [-0.3, -0.25) is 14.4 Å². The summed E-state index contributed by atoms with van der Waals surface area (Å²) in [7, 11) is 1.52. The molecule has 0 unspecified atom stereocenters. The zero-order valence-electron chi connectivity index (χ0n) is 18.6. The maximum Gasteiger partial charge on any atom is 0.226 e. The quantitative estimate of drug-likeness (QED) is 0.304. The van der Waals surface area contributed by atoms with E-state index in [-0.39, 0.29) is 24.0 Å². The van der Waals surface area contributed by atoms with Crippen molar-refractivity contribution in [1.29, 1.82) is 0 Å². The van der Waals surface area contributed by atoms with Crippen molar-refractivity contribution in [2.75, 3.05) is 19.0 Å². The summed E-state index contributed by atoms with van der Waals surface area (Å²) in [4.78, 5) is 41.3. The number of carbonyl (C=O) groups is 3. The number of hydrogen-bond acceptors (Lipinski definition) is 8. The average Bonchev–Trinajstić information content (AvgIpc) is 3.44. The van der Waals surface area contributed by atoms with E-state index in [2.05, 4.69) is 15.6 Å². The van der Waals surface area contributed by atoms with Gasteiger partial charge in [-0.2, -0.15) is 0 Å². The highest BCUT2D eigenvalue weighted by molar-refractivity contribution is 7.17. The summed E-state index contributed by atoms with van der Waals surface area (Å²) < 4.78 is 11.0. The molecule has 2 heterocycles. The first kappa shape index (κ1) is 24.4. The summed E-state index contributed by atoms with van der Waals surface area (Å²) >= 11 is 2.91. The number of nitrogens with zero attached hydrogens (tertiary/aromatic N) is 1. The Hall–Kier alpha value is -3.24. The van der Waals surface area contributed by atoms with E-state index in [0.717, 1.165) is 15.4 Å². The predicted octanol–water partition coefficient (Wildman–Crippen LogP) is 4.52. The summed E-state index contributed by atoms with van der Waals surface area (Å²) in [5.41, 5.74) is 1.34. The Kier molecular flexibility index (Phi) is 8.56. The van der Waals surface area contributed by atoms with Crippen LogP contribution in [0.3, 0.4) is 0 Å². The van der Waals surface area contributed by atoms with Gasteiger partial charge in [0.1, 0.15) is 0 Å². The van der Waals surface area contributed by atoms with E-state index in [1.807, 2.05) is 17.5 Å². The molecule has 2 amide bonds. The predicted molar refractivity (Wildman–Crippen MR) is 129 cm³/mol. The number of aromatic nitrogens is 1. The van der Waals surface area contributed by atoms with Gasteiger partial charge in [-0.05, 0) is 43.7 Å². The Morgan fingerprint density at radius 1 is 1.09 bits per heavy atom. The van der Waals surface area contributed by atoms with Crippen molar-refractivity contribution in [3.8, 4) is 22.1 Å². The molecule has 3 rings (SSSR count). The minimum Gasteiger partial charge on any atom is -0.493 e. The molecule has 0 radical (unpaired) electrons. The van der Waals surface area contributed by atoms with E-state index in [0.29, 0.717) is 41.8 Å². The molecule has 2 aromatic heterocycles. The number of hydrogen-bond donors (Lipinski definition) is 2. The van der Waals surface area contributed by atoms with Crippen molar-refractivity contribution in [1.82, 2.24) is 10.3 Å². The third kappa shape index (κ3) is 7.13. The fourth-order valence-corrected chi connectivity index (χ4v) is 4.58. The number of methoxy groups -OCH3 is 1. The second-order valence-electron chi connectivity index (χ2n) is 7.14. The average molecular weight is 488 g/mol. The minimum atomic E-state index is -0.143. The van der Waals surface area contributed by atoms with E-state index < -0.39 is 0 Å². The molecule has 1 aromatic carbocycles. The maximum atomic E-state index is 12.3. The minimum absolute atomic E-state index is 0.0497. The van der Waals surface area contributed by atoms with Crippen LogP contribution in [0.4, 0.5) is 5.13 Å². The molecule has 0 bridgehead atoms. The van der Waals surface area contributed by atoms with Gasteiger partial charge in [-0.1, -0.05) is 0 Å². The first-order valence-corrected chi connectivity index (χ1v) is 12.0. The Bertz CT molecular complexity index is 1140. The molecule has 0 saturated heterocycles. The van der Waals surface area contributed by atoms with Crippen molar-refractivity contribution in [3.05, 3.63) is 46.2 Å². The highest BCUT2D eigenvalue weighted by Gasteiger charge is 2.12. The van der Waals surface area contributed by atoms with Crippen molar-refractivity contribution in [2.45, 2.75) is 33.2 Å². The number of carbonyl (C=O) groups excluding carboxylic acids is 3. The number of rotatable bonds is 11. The van der Waals surface area contributed by atoms with E-state index in [1.165, 1.54) is 32.3 Å². The number of nitrogens with one attached hydrogen (secondary N) is 2. The van der Waals surface area contributed by atoms with Crippen LogP contribution in [0.25, 0.3) is 10.6 Å². The Balaban J connectivity index is 1.45. The molecule has 2 N–H and O–H groups in total. The van der Waals surface area contributed by atoms with Crippen LogP contribution in [0, 0.1) is 0 Å². The molecule has 174 valence electrons. The summed E-state index contributed by atoms with van der Waals surface area (Å²) in [5, 5.41) is 8.02. The number of benzene rings is 1. The van der Waals surface area contributed by atoms with Crippen LogP contribution in [0.2, 0.25) is 0 Å². The zero-order valence-corrected chi connectivity index (χ0v) is 20.2. The molecule has 0 spiro atoms. The van der Waals surface area contributed by atoms with Crippen molar-refractivity contribution >= 4 is 45.4 Å². The number of thiophene rings is 1. The van der Waals surface area contributed by atoms with Gasteiger partial charge in [0.15, 0.2) is 22.4 Å². The first-order valence-electron chi connectivity index (χ1n) is 10.3. The molecule has 0 atom stereocenters. The molecule has 0 aliphatic heterocycles. The van der Waals surface area contributed by atoms with Gasteiger partial charge >= 0.3 is 0 Å². The van der Waals surface area contributed by atoms with Gasteiger partial charge < -0.3 is 20.1 Å². The summed E-state index contributed by atoms with van der Waals surface area (Å²) in [6.07, 6.45) is 0.793. The lowest BCUT2D eigenvalue weighted by molar-refractivity contribution is -0.119. The smallest absolute Gasteiger partial charge is 0.226 e. The topological polar surface area (TPSA) is 107 Å². The number of ketones is 1. The largest absolute Gasteiger partial charge is 0.493 e. The molecule has 0 aliphatic rings. The monoisotopic (exact) mass is 487 g/mol. The van der Waals surface area contributed by atoms with E-state index in [4.69, 9.17) is 9.47 Å². The zero-order chi connectivity index (χ0) is 23.8. The second-order valence-corrected chi connectivity index (χ2v) is 9.16. The van der Waals surface area contributed by atoms with Gasteiger partial charge in [-0.15, -0.1) is 22.7 Å².